The molecule has 2 heterocycles. The van der Waals surface area contributed by atoms with Crippen molar-refractivity contribution in [3.63, 3.8) is 0 Å². The van der Waals surface area contributed by atoms with Gasteiger partial charge in [0.15, 0.2) is 5.16 Å². The molecule has 0 saturated carbocycles. The van der Waals surface area contributed by atoms with Crippen LogP contribution in [-0.2, 0) is 0 Å². The number of fused-ring (bicyclic) bond motifs is 3. The monoisotopic (exact) mass is 492 g/mol. The highest BCUT2D eigenvalue weighted by Gasteiger charge is 2.19. The van der Waals surface area contributed by atoms with Gasteiger partial charge in [0.2, 0.25) is 5.78 Å². The highest BCUT2D eigenvalue weighted by Crippen LogP contribution is 2.25. The molecule has 0 aliphatic heterocycles. The topological polar surface area (TPSA) is 90.9 Å². The third-order valence-corrected chi connectivity index (χ3v) is 6.44. The predicted molar refractivity (Wildman–Crippen MR) is 131 cm³/mol. The Bertz CT molecular complexity index is 1550. The standard InChI is InChI=1S/C25H21FN4O4S/c1-33-20-6-4-5-17(13-20)29-23(32)21-7-2-3-8-22(21)30-24(29)27-28-25(30)35-15-18(31)14-34-19-11-9-16(26)10-12-19/h2-13,18,31H,14-15H2,1H3. The molecule has 0 aliphatic rings. The summed E-state index contributed by atoms with van der Waals surface area (Å²) in [6, 6.07) is 20.0. The minimum atomic E-state index is -0.812. The summed E-state index contributed by atoms with van der Waals surface area (Å²) in [6.45, 7) is 0.0324. The summed E-state index contributed by atoms with van der Waals surface area (Å²) in [5.41, 5.74) is 1.04. The van der Waals surface area contributed by atoms with Gasteiger partial charge in [-0.05, 0) is 48.5 Å². The van der Waals surface area contributed by atoms with E-state index in [0.717, 1.165) is 0 Å². The summed E-state index contributed by atoms with van der Waals surface area (Å²) in [5.74, 6) is 1.35. The molecule has 0 radical (unpaired) electrons. The summed E-state index contributed by atoms with van der Waals surface area (Å²) in [5, 5.41) is 20.1. The Morgan fingerprint density at radius 2 is 1.83 bits per heavy atom. The van der Waals surface area contributed by atoms with Crippen molar-refractivity contribution in [2.75, 3.05) is 19.5 Å². The van der Waals surface area contributed by atoms with E-state index in [0.29, 0.717) is 39.0 Å². The average molecular weight is 493 g/mol. The van der Waals surface area contributed by atoms with Gasteiger partial charge >= 0.3 is 0 Å². The number of benzene rings is 3. The zero-order valence-corrected chi connectivity index (χ0v) is 19.5. The number of rotatable bonds is 8. The number of halogens is 1. The van der Waals surface area contributed by atoms with Gasteiger partial charge < -0.3 is 14.6 Å². The highest BCUT2D eigenvalue weighted by atomic mass is 32.2. The first kappa shape index (κ1) is 22.9. The van der Waals surface area contributed by atoms with Gasteiger partial charge in [-0.2, -0.15) is 0 Å². The lowest BCUT2D eigenvalue weighted by Crippen LogP contribution is -2.22. The molecular weight excluding hydrogens is 471 g/mol. The molecule has 5 rings (SSSR count). The van der Waals surface area contributed by atoms with Gasteiger partial charge in [-0.1, -0.05) is 30.0 Å². The van der Waals surface area contributed by atoms with Crippen LogP contribution in [0.4, 0.5) is 4.39 Å². The largest absolute Gasteiger partial charge is 0.497 e. The van der Waals surface area contributed by atoms with Crippen molar-refractivity contribution >= 4 is 28.4 Å². The lowest BCUT2D eigenvalue weighted by atomic mass is 10.2. The van der Waals surface area contributed by atoms with Crippen molar-refractivity contribution < 1.29 is 19.0 Å². The van der Waals surface area contributed by atoms with Crippen LogP contribution in [0.1, 0.15) is 0 Å². The van der Waals surface area contributed by atoms with Crippen LogP contribution in [-0.4, -0.2) is 49.8 Å². The second-order valence-corrected chi connectivity index (χ2v) is 8.69. The van der Waals surface area contributed by atoms with E-state index in [-0.39, 0.29) is 23.7 Å². The molecule has 178 valence electrons. The van der Waals surface area contributed by atoms with Gasteiger partial charge in [-0.15, -0.1) is 10.2 Å². The first-order valence-electron chi connectivity index (χ1n) is 10.8. The molecule has 0 saturated heterocycles. The van der Waals surface area contributed by atoms with Crippen LogP contribution < -0.4 is 15.0 Å². The van der Waals surface area contributed by atoms with E-state index in [2.05, 4.69) is 10.2 Å². The summed E-state index contributed by atoms with van der Waals surface area (Å²) >= 11 is 1.29. The third kappa shape index (κ3) is 4.58. The first-order valence-corrected chi connectivity index (χ1v) is 11.8. The minimum Gasteiger partial charge on any atom is -0.497 e. The number of nitrogens with zero attached hydrogens (tertiary/aromatic N) is 4. The Morgan fingerprint density at radius 1 is 1.03 bits per heavy atom. The molecular formula is C25H21FN4O4S. The molecule has 3 aromatic carbocycles. The molecule has 5 aromatic rings. The Labute approximate surface area is 203 Å². The number of aliphatic hydroxyl groups is 1. The first-order chi connectivity index (χ1) is 17.0. The lowest BCUT2D eigenvalue weighted by Gasteiger charge is -2.13. The SMILES string of the molecule is COc1cccc(-n2c(=O)c3ccccc3n3c(SCC(O)COc4ccc(F)cc4)nnc23)c1. The Hall–Kier alpha value is -3.89. The second kappa shape index (κ2) is 9.77. The zero-order valence-electron chi connectivity index (χ0n) is 18.7. The van der Waals surface area contributed by atoms with Crippen LogP contribution in [0.3, 0.4) is 0 Å². The van der Waals surface area contributed by atoms with E-state index in [4.69, 9.17) is 9.47 Å². The zero-order chi connectivity index (χ0) is 24.4. The fraction of sp³-hybridized carbons (Fsp3) is 0.160. The quantitative estimate of drug-likeness (QED) is 0.330. The van der Waals surface area contributed by atoms with Crippen LogP contribution in [0.2, 0.25) is 0 Å². The molecule has 0 spiro atoms. The predicted octanol–water partition coefficient (Wildman–Crippen LogP) is 3.71. The van der Waals surface area contributed by atoms with E-state index < -0.39 is 6.10 Å². The van der Waals surface area contributed by atoms with Crippen molar-refractivity contribution in [1.29, 1.82) is 0 Å². The summed E-state index contributed by atoms with van der Waals surface area (Å²) in [6.07, 6.45) is -0.812. The van der Waals surface area contributed by atoms with E-state index in [1.807, 2.05) is 12.1 Å². The molecule has 1 unspecified atom stereocenters. The third-order valence-electron chi connectivity index (χ3n) is 5.37. The number of hydrogen-bond acceptors (Lipinski definition) is 7. The maximum Gasteiger partial charge on any atom is 0.267 e. The van der Waals surface area contributed by atoms with E-state index >= 15 is 0 Å². The fourth-order valence-corrected chi connectivity index (χ4v) is 4.54. The number of aromatic nitrogens is 4. The molecule has 0 bridgehead atoms. The average Bonchev–Trinajstić information content (AvgIpc) is 3.31. The fourth-order valence-electron chi connectivity index (χ4n) is 3.70. The van der Waals surface area contributed by atoms with Gasteiger partial charge in [-0.3, -0.25) is 9.20 Å². The maximum absolute atomic E-state index is 13.4. The minimum absolute atomic E-state index is 0.0324. The van der Waals surface area contributed by atoms with Crippen LogP contribution in [0, 0.1) is 5.82 Å². The Morgan fingerprint density at radius 3 is 2.63 bits per heavy atom. The number of para-hydroxylation sites is 1. The Kier molecular flexibility index (Phi) is 6.39. The molecule has 35 heavy (non-hydrogen) atoms. The van der Waals surface area contributed by atoms with E-state index in [9.17, 15) is 14.3 Å². The molecule has 1 N–H and O–H groups in total. The molecule has 0 aliphatic carbocycles. The van der Waals surface area contributed by atoms with Gasteiger partial charge in [-0.25, -0.2) is 8.96 Å². The van der Waals surface area contributed by atoms with Crippen LogP contribution >= 0.6 is 11.8 Å². The van der Waals surface area contributed by atoms with Crippen molar-refractivity contribution in [3.05, 3.63) is 89.0 Å². The van der Waals surface area contributed by atoms with Crippen LogP contribution in [0.5, 0.6) is 11.5 Å². The summed E-state index contributed by atoms with van der Waals surface area (Å²) in [7, 11) is 1.56. The van der Waals surface area contributed by atoms with Gasteiger partial charge in [0.25, 0.3) is 5.56 Å². The Balaban J connectivity index is 1.47. The number of aliphatic hydroxyl groups excluding tert-OH is 1. The van der Waals surface area contributed by atoms with Crippen molar-refractivity contribution in [2.45, 2.75) is 11.3 Å². The molecule has 0 amide bonds. The number of thioether (sulfide) groups is 1. The lowest BCUT2D eigenvalue weighted by molar-refractivity contribution is 0.126. The van der Waals surface area contributed by atoms with Crippen molar-refractivity contribution in [2.24, 2.45) is 0 Å². The van der Waals surface area contributed by atoms with Crippen molar-refractivity contribution in [1.82, 2.24) is 19.2 Å². The number of methoxy groups -OCH3 is 1. The van der Waals surface area contributed by atoms with E-state index in [1.54, 1.807) is 47.9 Å². The van der Waals surface area contributed by atoms with Crippen LogP contribution in [0.25, 0.3) is 22.4 Å². The smallest absolute Gasteiger partial charge is 0.267 e. The van der Waals surface area contributed by atoms with Crippen molar-refractivity contribution in [3.8, 4) is 17.2 Å². The molecule has 0 fully saturated rings. The van der Waals surface area contributed by atoms with Crippen LogP contribution in [0.15, 0.2) is 82.7 Å². The van der Waals surface area contributed by atoms with Gasteiger partial charge in [0, 0.05) is 11.8 Å². The second-order valence-electron chi connectivity index (χ2n) is 7.71. The number of ether oxygens (including phenoxy) is 2. The summed E-state index contributed by atoms with van der Waals surface area (Å²) < 4.78 is 27.2. The van der Waals surface area contributed by atoms with Gasteiger partial charge in [0.05, 0.1) is 29.8 Å². The van der Waals surface area contributed by atoms with E-state index in [1.165, 1.54) is 40.6 Å². The highest BCUT2D eigenvalue weighted by molar-refractivity contribution is 7.99. The normalized spacial score (nSPS) is 12.2. The molecule has 1 atom stereocenters. The molecule has 8 nitrogen and oxygen atoms in total. The molecule has 2 aromatic heterocycles. The molecule has 10 heteroatoms. The summed E-state index contributed by atoms with van der Waals surface area (Å²) in [4.78, 5) is 13.4. The maximum atomic E-state index is 13.4. The van der Waals surface area contributed by atoms with Gasteiger partial charge in [0.1, 0.15) is 23.9 Å². The number of hydrogen-bond donors (Lipinski definition) is 1.